The standard InChI is InChI=1S/C20H22F2N4O3/c1-13(23)29-16(9-21)8-20(2,3)14-5-4-6-15(7-14)26-19(27)17-10-25-18(11-24-17)28-12-22/h4-8,10-11H,1,9,12,23H2,2-3H3,(H,26,27)/b16-8-. The van der Waals surface area contributed by atoms with Crippen molar-refractivity contribution in [2.75, 3.05) is 18.9 Å². The molecule has 154 valence electrons. The lowest BCUT2D eigenvalue weighted by Gasteiger charge is -2.23. The van der Waals surface area contributed by atoms with Crippen LogP contribution >= 0.6 is 0 Å². The van der Waals surface area contributed by atoms with Gasteiger partial charge in [-0.15, -0.1) is 0 Å². The van der Waals surface area contributed by atoms with E-state index in [-0.39, 0.29) is 23.2 Å². The Morgan fingerprint density at radius 2 is 2.07 bits per heavy atom. The van der Waals surface area contributed by atoms with Gasteiger partial charge in [-0.3, -0.25) is 4.79 Å². The summed E-state index contributed by atoms with van der Waals surface area (Å²) in [4.78, 5) is 20.0. The number of nitrogens with two attached hydrogens (primary N) is 1. The molecule has 29 heavy (non-hydrogen) atoms. The smallest absolute Gasteiger partial charge is 0.275 e. The first-order chi connectivity index (χ1) is 13.7. The zero-order valence-corrected chi connectivity index (χ0v) is 16.1. The lowest BCUT2D eigenvalue weighted by Crippen LogP contribution is -2.18. The van der Waals surface area contributed by atoms with Crippen LogP contribution in [0.15, 0.2) is 61.0 Å². The second kappa shape index (κ2) is 9.63. The minimum Gasteiger partial charge on any atom is -0.445 e. The quantitative estimate of drug-likeness (QED) is 0.620. The first-order valence-corrected chi connectivity index (χ1v) is 8.58. The Hall–Kier alpha value is -3.49. The number of allylic oxidation sites excluding steroid dienone is 2. The van der Waals surface area contributed by atoms with Crippen LogP contribution in [0, 0.1) is 0 Å². The lowest BCUT2D eigenvalue weighted by atomic mass is 9.84. The maximum Gasteiger partial charge on any atom is 0.275 e. The monoisotopic (exact) mass is 404 g/mol. The highest BCUT2D eigenvalue weighted by Gasteiger charge is 2.21. The molecule has 0 atom stereocenters. The summed E-state index contributed by atoms with van der Waals surface area (Å²) in [7, 11) is 0. The van der Waals surface area contributed by atoms with Gasteiger partial charge < -0.3 is 20.5 Å². The van der Waals surface area contributed by atoms with Gasteiger partial charge in [0.2, 0.25) is 12.7 Å². The molecule has 2 aromatic rings. The van der Waals surface area contributed by atoms with Crippen molar-refractivity contribution < 1.29 is 23.0 Å². The molecule has 9 heteroatoms. The number of aromatic nitrogens is 2. The normalized spacial score (nSPS) is 11.7. The zero-order chi connectivity index (χ0) is 21.4. The Bertz CT molecular complexity index is 899. The molecule has 7 nitrogen and oxygen atoms in total. The molecule has 0 unspecified atom stereocenters. The van der Waals surface area contributed by atoms with Crippen LogP contribution in [0.1, 0.15) is 29.9 Å². The van der Waals surface area contributed by atoms with E-state index in [0.29, 0.717) is 5.69 Å². The van der Waals surface area contributed by atoms with Gasteiger partial charge in [0.15, 0.2) is 5.88 Å². The van der Waals surface area contributed by atoms with Crippen LogP contribution in [0.2, 0.25) is 0 Å². The number of ether oxygens (including phenoxy) is 2. The molecule has 0 radical (unpaired) electrons. The first kappa shape index (κ1) is 21.8. The molecule has 1 heterocycles. The summed E-state index contributed by atoms with van der Waals surface area (Å²) in [6.45, 7) is 5.25. The Kier molecular flexibility index (Phi) is 7.24. The molecule has 2 rings (SSSR count). The second-order valence-corrected chi connectivity index (χ2v) is 6.56. The summed E-state index contributed by atoms with van der Waals surface area (Å²) < 4.78 is 34.9. The third kappa shape index (κ3) is 6.27. The van der Waals surface area contributed by atoms with Gasteiger partial charge in [-0.1, -0.05) is 26.0 Å². The number of nitrogens with one attached hydrogen (secondary N) is 1. The molecular formula is C20H22F2N4O3. The summed E-state index contributed by atoms with van der Waals surface area (Å²) in [5, 5.41) is 2.71. The predicted octanol–water partition coefficient (Wildman–Crippen LogP) is 3.61. The number of alkyl halides is 2. The molecular weight excluding hydrogens is 382 g/mol. The third-order valence-electron chi connectivity index (χ3n) is 3.84. The Labute approximate surface area is 167 Å². The van der Waals surface area contributed by atoms with Crippen LogP contribution in [-0.2, 0) is 10.2 Å². The van der Waals surface area contributed by atoms with Crippen LogP contribution in [0.4, 0.5) is 14.5 Å². The molecule has 1 aromatic heterocycles. The minimum absolute atomic E-state index is 0.0226. The van der Waals surface area contributed by atoms with E-state index in [1.54, 1.807) is 24.3 Å². The topological polar surface area (TPSA) is 99.4 Å². The molecule has 0 aliphatic heterocycles. The molecule has 1 aromatic carbocycles. The van der Waals surface area contributed by atoms with Crippen molar-refractivity contribution in [1.29, 1.82) is 0 Å². The highest BCUT2D eigenvalue weighted by atomic mass is 19.1. The minimum atomic E-state index is -1.04. The SMILES string of the molecule is C=C(N)O/C(=C\C(C)(C)c1cccc(NC(=O)c2cnc(OCF)cn2)c1)CF. The zero-order valence-electron chi connectivity index (χ0n) is 16.1. The van der Waals surface area contributed by atoms with E-state index in [4.69, 9.17) is 10.5 Å². The number of hydrogen-bond acceptors (Lipinski definition) is 6. The van der Waals surface area contributed by atoms with Gasteiger partial charge in [0, 0.05) is 11.1 Å². The highest BCUT2D eigenvalue weighted by molar-refractivity contribution is 6.02. The lowest BCUT2D eigenvalue weighted by molar-refractivity contribution is 0.102. The average Bonchev–Trinajstić information content (AvgIpc) is 2.68. The van der Waals surface area contributed by atoms with Crippen molar-refractivity contribution in [3.63, 3.8) is 0 Å². The van der Waals surface area contributed by atoms with Crippen LogP contribution in [0.3, 0.4) is 0 Å². The van der Waals surface area contributed by atoms with Crippen LogP contribution in [-0.4, -0.2) is 29.4 Å². The first-order valence-electron chi connectivity index (χ1n) is 8.58. The molecule has 1 amide bonds. The van der Waals surface area contributed by atoms with Gasteiger partial charge in [-0.05, 0) is 30.4 Å². The number of nitrogens with zero attached hydrogens (tertiary/aromatic N) is 2. The van der Waals surface area contributed by atoms with Gasteiger partial charge in [0.25, 0.3) is 5.91 Å². The average molecular weight is 404 g/mol. The molecule has 3 N–H and O–H groups in total. The van der Waals surface area contributed by atoms with Crippen molar-refractivity contribution in [2.45, 2.75) is 19.3 Å². The molecule has 0 aliphatic rings. The van der Waals surface area contributed by atoms with E-state index in [1.165, 1.54) is 6.20 Å². The summed E-state index contributed by atoms with van der Waals surface area (Å²) in [6, 6.07) is 7.03. The Morgan fingerprint density at radius 3 is 2.66 bits per heavy atom. The summed E-state index contributed by atoms with van der Waals surface area (Å²) in [5.74, 6) is -0.579. The number of carbonyl (C=O) groups is 1. The van der Waals surface area contributed by atoms with E-state index in [1.807, 2.05) is 19.9 Å². The van der Waals surface area contributed by atoms with Crippen LogP contribution < -0.4 is 15.8 Å². The van der Waals surface area contributed by atoms with Gasteiger partial charge in [-0.2, -0.15) is 0 Å². The number of halogens is 2. The summed E-state index contributed by atoms with van der Waals surface area (Å²) in [5.41, 5.74) is 6.09. The largest absolute Gasteiger partial charge is 0.445 e. The van der Waals surface area contributed by atoms with Crippen molar-refractivity contribution >= 4 is 11.6 Å². The molecule has 0 saturated heterocycles. The molecule has 0 bridgehead atoms. The number of rotatable bonds is 9. The van der Waals surface area contributed by atoms with Crippen molar-refractivity contribution in [1.82, 2.24) is 9.97 Å². The maximum absolute atomic E-state index is 13.2. The van der Waals surface area contributed by atoms with Crippen molar-refractivity contribution in [3.05, 3.63) is 72.2 Å². The third-order valence-corrected chi connectivity index (χ3v) is 3.84. The van der Waals surface area contributed by atoms with Gasteiger partial charge in [0.05, 0.1) is 12.4 Å². The molecule has 0 saturated carbocycles. The predicted molar refractivity (Wildman–Crippen MR) is 105 cm³/mol. The number of anilines is 1. The Balaban J connectivity index is 2.18. The van der Waals surface area contributed by atoms with E-state index < -0.39 is 24.9 Å². The number of carbonyl (C=O) groups excluding carboxylic acids is 1. The van der Waals surface area contributed by atoms with Gasteiger partial charge >= 0.3 is 0 Å². The summed E-state index contributed by atoms with van der Waals surface area (Å²) in [6.07, 6.45) is 3.94. The van der Waals surface area contributed by atoms with Crippen LogP contribution in [0.5, 0.6) is 5.88 Å². The number of amides is 1. The molecule has 0 fully saturated rings. The number of benzene rings is 1. The summed E-state index contributed by atoms with van der Waals surface area (Å²) >= 11 is 0. The fourth-order valence-electron chi connectivity index (χ4n) is 2.51. The molecule has 0 aliphatic carbocycles. The van der Waals surface area contributed by atoms with E-state index in [2.05, 4.69) is 26.6 Å². The van der Waals surface area contributed by atoms with Crippen molar-refractivity contribution in [3.8, 4) is 5.88 Å². The molecule has 0 spiro atoms. The van der Waals surface area contributed by atoms with E-state index in [9.17, 15) is 13.6 Å². The van der Waals surface area contributed by atoms with Gasteiger partial charge in [0.1, 0.15) is 18.1 Å². The van der Waals surface area contributed by atoms with E-state index >= 15 is 0 Å². The van der Waals surface area contributed by atoms with Crippen LogP contribution in [0.25, 0.3) is 0 Å². The van der Waals surface area contributed by atoms with E-state index in [0.717, 1.165) is 11.8 Å². The number of hydrogen-bond donors (Lipinski definition) is 2. The fraction of sp³-hybridized carbons (Fsp3) is 0.250. The van der Waals surface area contributed by atoms with Gasteiger partial charge in [-0.25, -0.2) is 18.7 Å². The maximum atomic E-state index is 13.2. The highest BCUT2D eigenvalue weighted by Crippen LogP contribution is 2.29. The second-order valence-electron chi connectivity index (χ2n) is 6.56. The Morgan fingerprint density at radius 1 is 1.31 bits per heavy atom. The van der Waals surface area contributed by atoms with Crippen molar-refractivity contribution in [2.24, 2.45) is 5.73 Å². The fourth-order valence-corrected chi connectivity index (χ4v) is 2.51.